The summed E-state index contributed by atoms with van der Waals surface area (Å²) in [6, 6.07) is 22.1. The molecule has 1 aliphatic heterocycles. The molecule has 1 atom stereocenters. The minimum absolute atomic E-state index is 0.0465. The third kappa shape index (κ3) is 3.20. The molecule has 0 aliphatic carbocycles. The van der Waals surface area contributed by atoms with E-state index < -0.39 is 6.17 Å². The lowest BCUT2D eigenvalue weighted by Crippen LogP contribution is -2.42. The van der Waals surface area contributed by atoms with Crippen LogP contribution in [0.15, 0.2) is 72.8 Å². The van der Waals surface area contributed by atoms with Crippen molar-refractivity contribution in [2.45, 2.75) is 19.6 Å². The van der Waals surface area contributed by atoms with Gasteiger partial charge in [0.05, 0.1) is 10.5 Å². The molecule has 6 nitrogen and oxygen atoms in total. The second kappa shape index (κ2) is 7.15. The molecule has 6 heteroatoms. The van der Waals surface area contributed by atoms with Crippen molar-refractivity contribution in [1.82, 2.24) is 4.90 Å². The van der Waals surface area contributed by atoms with E-state index in [-0.39, 0.29) is 16.5 Å². The first-order chi connectivity index (χ1) is 13.5. The summed E-state index contributed by atoms with van der Waals surface area (Å²) in [5, 5.41) is 14.8. The van der Waals surface area contributed by atoms with Crippen molar-refractivity contribution in [2.24, 2.45) is 0 Å². The maximum absolute atomic E-state index is 13.2. The summed E-state index contributed by atoms with van der Waals surface area (Å²) in [4.78, 5) is 26.0. The second-order valence-electron chi connectivity index (χ2n) is 6.81. The van der Waals surface area contributed by atoms with E-state index in [2.05, 4.69) is 5.32 Å². The summed E-state index contributed by atoms with van der Waals surface area (Å²) in [6.45, 7) is 2.10. The van der Waals surface area contributed by atoms with Crippen LogP contribution in [0.5, 0.6) is 0 Å². The van der Waals surface area contributed by atoms with Crippen molar-refractivity contribution in [3.8, 4) is 0 Å². The van der Waals surface area contributed by atoms with Crippen molar-refractivity contribution in [3.63, 3.8) is 0 Å². The van der Waals surface area contributed by atoms with Crippen molar-refractivity contribution >= 4 is 17.3 Å². The van der Waals surface area contributed by atoms with Gasteiger partial charge in [-0.3, -0.25) is 14.9 Å². The molecule has 1 amide bonds. The third-order valence-corrected chi connectivity index (χ3v) is 4.96. The zero-order chi connectivity index (χ0) is 19.7. The Hall–Kier alpha value is -3.67. The largest absolute Gasteiger partial charge is 0.361 e. The molecule has 1 N–H and O–H groups in total. The molecule has 0 bridgehead atoms. The van der Waals surface area contributed by atoms with Gasteiger partial charge >= 0.3 is 0 Å². The van der Waals surface area contributed by atoms with E-state index in [1.807, 2.05) is 54.6 Å². The first-order valence-electron chi connectivity index (χ1n) is 9.00. The molecule has 3 aromatic carbocycles. The smallest absolute Gasteiger partial charge is 0.272 e. The molecule has 4 rings (SSSR count). The molecule has 140 valence electrons. The van der Waals surface area contributed by atoms with E-state index in [0.29, 0.717) is 23.2 Å². The monoisotopic (exact) mass is 373 g/mol. The van der Waals surface area contributed by atoms with E-state index in [4.69, 9.17) is 0 Å². The van der Waals surface area contributed by atoms with E-state index in [1.165, 1.54) is 0 Å². The normalized spacial score (nSPS) is 15.7. The Balaban J connectivity index is 1.79. The Labute approximate surface area is 162 Å². The summed E-state index contributed by atoms with van der Waals surface area (Å²) in [7, 11) is 0. The third-order valence-electron chi connectivity index (χ3n) is 4.96. The maximum Gasteiger partial charge on any atom is 0.272 e. The Morgan fingerprint density at radius 2 is 1.75 bits per heavy atom. The lowest BCUT2D eigenvalue weighted by molar-refractivity contribution is -0.385. The van der Waals surface area contributed by atoms with Gasteiger partial charge in [0.2, 0.25) is 0 Å². The first kappa shape index (κ1) is 17.7. The van der Waals surface area contributed by atoms with Crippen LogP contribution in [-0.2, 0) is 6.54 Å². The predicted octanol–water partition coefficient (Wildman–Crippen LogP) is 4.67. The molecule has 28 heavy (non-hydrogen) atoms. The summed E-state index contributed by atoms with van der Waals surface area (Å²) < 4.78 is 0. The average molecular weight is 373 g/mol. The van der Waals surface area contributed by atoms with E-state index in [9.17, 15) is 14.9 Å². The number of para-hydroxylation sites is 1. The van der Waals surface area contributed by atoms with Crippen molar-refractivity contribution in [1.29, 1.82) is 0 Å². The lowest BCUT2D eigenvalue weighted by Gasteiger charge is -2.38. The van der Waals surface area contributed by atoms with Crippen LogP contribution in [0.2, 0.25) is 0 Å². The Kier molecular flexibility index (Phi) is 4.53. The van der Waals surface area contributed by atoms with Crippen LogP contribution in [-0.4, -0.2) is 15.7 Å². The maximum atomic E-state index is 13.2. The minimum atomic E-state index is -0.498. The number of amides is 1. The van der Waals surface area contributed by atoms with E-state index in [0.717, 1.165) is 11.3 Å². The van der Waals surface area contributed by atoms with Crippen LogP contribution in [0.1, 0.15) is 33.2 Å². The molecule has 0 saturated carbocycles. The molecular formula is C22H19N3O3. The first-order valence-corrected chi connectivity index (χ1v) is 9.00. The summed E-state index contributed by atoms with van der Waals surface area (Å²) in [5.74, 6) is -0.105. The minimum Gasteiger partial charge on any atom is -0.361 e. The van der Waals surface area contributed by atoms with Gasteiger partial charge < -0.3 is 10.2 Å². The van der Waals surface area contributed by atoms with E-state index in [1.54, 1.807) is 30.0 Å². The van der Waals surface area contributed by atoms with Crippen LogP contribution in [0.25, 0.3) is 0 Å². The van der Waals surface area contributed by atoms with Gasteiger partial charge in [-0.15, -0.1) is 0 Å². The summed E-state index contributed by atoms with van der Waals surface area (Å²) in [5.41, 5.74) is 3.62. The lowest BCUT2D eigenvalue weighted by atomic mass is 10.0. The van der Waals surface area contributed by atoms with Gasteiger partial charge in [-0.25, -0.2) is 0 Å². The molecule has 0 radical (unpaired) electrons. The van der Waals surface area contributed by atoms with Crippen molar-refractivity contribution in [2.75, 3.05) is 5.32 Å². The van der Waals surface area contributed by atoms with Gasteiger partial charge in [0.15, 0.2) is 0 Å². The van der Waals surface area contributed by atoms with Crippen LogP contribution < -0.4 is 5.32 Å². The number of nitro groups is 1. The average Bonchev–Trinajstić information content (AvgIpc) is 2.71. The number of benzene rings is 3. The fourth-order valence-electron chi connectivity index (χ4n) is 3.49. The number of carbonyl (C=O) groups excluding carboxylic acids is 1. The van der Waals surface area contributed by atoms with Crippen molar-refractivity contribution < 1.29 is 9.72 Å². The second-order valence-corrected chi connectivity index (χ2v) is 6.81. The number of nitrogens with zero attached hydrogens (tertiary/aromatic N) is 2. The van der Waals surface area contributed by atoms with Crippen LogP contribution in [0.4, 0.5) is 11.4 Å². The molecule has 3 aromatic rings. The fraction of sp³-hybridized carbons (Fsp3) is 0.136. The van der Waals surface area contributed by atoms with Crippen LogP contribution >= 0.6 is 0 Å². The highest BCUT2D eigenvalue weighted by Gasteiger charge is 2.33. The zero-order valence-electron chi connectivity index (χ0n) is 15.3. The number of nitro benzene ring substituents is 1. The SMILES string of the molecule is Cc1ccc([C@H]2Nc3ccccc3C(=O)N2Cc2ccccc2)cc1[N+](=O)[O-]. The fourth-order valence-corrected chi connectivity index (χ4v) is 3.49. The van der Waals surface area contributed by atoms with Gasteiger partial charge in [0, 0.05) is 29.4 Å². The molecular weight excluding hydrogens is 354 g/mol. The predicted molar refractivity (Wildman–Crippen MR) is 107 cm³/mol. The highest BCUT2D eigenvalue weighted by atomic mass is 16.6. The van der Waals surface area contributed by atoms with E-state index >= 15 is 0 Å². The highest BCUT2D eigenvalue weighted by molar-refractivity contribution is 6.01. The topological polar surface area (TPSA) is 75.5 Å². The number of aryl methyl sites for hydroxylation is 1. The number of fused-ring (bicyclic) bond motifs is 1. The van der Waals surface area contributed by atoms with Gasteiger partial charge in [-0.1, -0.05) is 54.6 Å². The molecule has 0 fully saturated rings. The number of nitrogens with one attached hydrogen (secondary N) is 1. The number of hydrogen-bond donors (Lipinski definition) is 1. The molecule has 0 unspecified atom stereocenters. The number of anilines is 1. The molecule has 0 aromatic heterocycles. The van der Waals surface area contributed by atoms with Crippen LogP contribution in [0, 0.1) is 17.0 Å². The van der Waals surface area contributed by atoms with Gasteiger partial charge in [0.1, 0.15) is 6.17 Å². The quantitative estimate of drug-likeness (QED) is 0.533. The number of rotatable bonds is 4. The Morgan fingerprint density at radius 1 is 1.04 bits per heavy atom. The molecule has 0 spiro atoms. The molecule has 1 heterocycles. The Morgan fingerprint density at radius 3 is 2.50 bits per heavy atom. The zero-order valence-corrected chi connectivity index (χ0v) is 15.3. The Bertz CT molecular complexity index is 1050. The van der Waals surface area contributed by atoms with Gasteiger partial charge in [-0.05, 0) is 24.6 Å². The number of hydrogen-bond acceptors (Lipinski definition) is 4. The van der Waals surface area contributed by atoms with Gasteiger partial charge in [0.25, 0.3) is 11.6 Å². The standard InChI is InChI=1S/C22H19N3O3/c1-15-11-12-17(13-20(15)25(27)28)21-23-19-10-6-5-9-18(19)22(26)24(21)14-16-7-3-2-4-8-16/h2-13,21,23H,14H2,1H3/t21-/m0/s1. The molecule has 0 saturated heterocycles. The summed E-state index contributed by atoms with van der Waals surface area (Å²) in [6.07, 6.45) is -0.498. The molecule has 1 aliphatic rings. The van der Waals surface area contributed by atoms with Crippen LogP contribution in [0.3, 0.4) is 0 Å². The van der Waals surface area contributed by atoms with Gasteiger partial charge in [-0.2, -0.15) is 0 Å². The number of carbonyl (C=O) groups is 1. The highest BCUT2D eigenvalue weighted by Crippen LogP contribution is 2.35. The van der Waals surface area contributed by atoms with Crippen molar-refractivity contribution in [3.05, 3.63) is 105 Å². The summed E-state index contributed by atoms with van der Waals surface area (Å²) >= 11 is 0.